The summed E-state index contributed by atoms with van der Waals surface area (Å²) in [5.74, 6) is -0.402. The summed E-state index contributed by atoms with van der Waals surface area (Å²) >= 11 is 0. The van der Waals surface area contributed by atoms with Crippen LogP contribution in [0.1, 0.15) is 0 Å². The van der Waals surface area contributed by atoms with Gasteiger partial charge < -0.3 is 30.3 Å². The Bertz CT molecular complexity index is 797. The number of phenolic OH excluding ortho intramolecular Hbond substituents is 2. The summed E-state index contributed by atoms with van der Waals surface area (Å²) in [6.45, 7) is 0. The normalized spacial score (nSPS) is 10.0. The van der Waals surface area contributed by atoms with Crippen LogP contribution in [-0.2, 0) is 0 Å². The quantitative estimate of drug-likeness (QED) is 0.346. The third-order valence-corrected chi connectivity index (χ3v) is 3.32. The summed E-state index contributed by atoms with van der Waals surface area (Å²) in [7, 11) is -3.07. The summed E-state index contributed by atoms with van der Waals surface area (Å²) in [6, 6.07) is 16.5. The topological polar surface area (TPSA) is 121 Å². The minimum atomic E-state index is -1.67. The highest BCUT2D eigenvalue weighted by Gasteiger charge is 2.13. The van der Waals surface area contributed by atoms with Crippen LogP contribution in [-0.4, -0.2) is 44.5 Å². The largest absolute Gasteiger partial charge is 0.508 e. The van der Waals surface area contributed by atoms with Gasteiger partial charge in [0.1, 0.15) is 11.5 Å². The van der Waals surface area contributed by atoms with E-state index in [1.54, 1.807) is 6.07 Å². The lowest BCUT2D eigenvalue weighted by atomic mass is 9.77. The van der Waals surface area contributed by atoms with Gasteiger partial charge in [-0.05, 0) is 33.8 Å². The molecule has 3 rings (SSSR count). The molecule has 0 aliphatic rings. The maximum Gasteiger partial charge on any atom is 0.489 e. The molecule has 6 N–H and O–H groups in total. The molecule has 0 amide bonds. The highest BCUT2D eigenvalue weighted by Crippen LogP contribution is 2.14. The van der Waals surface area contributed by atoms with Crippen molar-refractivity contribution in [3.8, 4) is 11.5 Å². The number of benzene rings is 3. The van der Waals surface area contributed by atoms with E-state index in [0.29, 0.717) is 5.46 Å². The molecule has 8 heteroatoms. The van der Waals surface area contributed by atoms with Crippen LogP contribution >= 0.6 is 0 Å². The van der Waals surface area contributed by atoms with Crippen LogP contribution in [0.5, 0.6) is 11.5 Å². The molecule has 6 nitrogen and oxygen atoms in total. The molecular weight excluding hydrogens is 310 g/mol. The molecule has 0 unspecified atom stereocenters. The Morgan fingerprint density at radius 1 is 0.625 bits per heavy atom. The fraction of sp³-hybridized carbons (Fsp3) is 0. The maximum atomic E-state index is 9.08. The molecule has 24 heavy (non-hydrogen) atoms. The van der Waals surface area contributed by atoms with Crippen LogP contribution in [0.3, 0.4) is 0 Å². The minimum absolute atomic E-state index is 0.0579. The van der Waals surface area contributed by atoms with E-state index in [0.717, 1.165) is 29.0 Å². The highest BCUT2D eigenvalue weighted by molar-refractivity contribution is 6.62. The van der Waals surface area contributed by atoms with Crippen molar-refractivity contribution in [2.24, 2.45) is 0 Å². The standard InChI is InChI=1S/C10H9BO2.C6H7BO4/c12-11(13)10-7-3-5-8-4-1-2-6-9(8)10;8-5-1-4(7(10)11)2-6(9)3-5/h1-7,12-13H;1-3,8-11H. The monoisotopic (exact) mass is 326 g/mol. The molecule has 0 saturated heterocycles. The Balaban J connectivity index is 0.000000177. The summed E-state index contributed by atoms with van der Waals surface area (Å²) in [5.41, 5.74) is 0.612. The summed E-state index contributed by atoms with van der Waals surface area (Å²) in [4.78, 5) is 0. The Morgan fingerprint density at radius 3 is 1.79 bits per heavy atom. The van der Waals surface area contributed by atoms with Gasteiger partial charge in [0.05, 0.1) is 0 Å². The van der Waals surface area contributed by atoms with Crippen LogP contribution in [0.15, 0.2) is 60.7 Å². The Morgan fingerprint density at radius 2 is 1.21 bits per heavy atom. The van der Waals surface area contributed by atoms with Crippen molar-refractivity contribution in [2.45, 2.75) is 0 Å². The van der Waals surface area contributed by atoms with E-state index < -0.39 is 14.2 Å². The van der Waals surface area contributed by atoms with Gasteiger partial charge >= 0.3 is 14.2 Å². The van der Waals surface area contributed by atoms with Gasteiger partial charge in [-0.2, -0.15) is 0 Å². The molecule has 3 aromatic carbocycles. The zero-order valence-corrected chi connectivity index (χ0v) is 12.6. The fourth-order valence-corrected chi connectivity index (χ4v) is 2.24. The number of rotatable bonds is 2. The molecule has 0 aliphatic carbocycles. The first-order valence-electron chi connectivity index (χ1n) is 7.11. The third kappa shape index (κ3) is 4.50. The van der Waals surface area contributed by atoms with Gasteiger partial charge in [-0.3, -0.25) is 0 Å². The molecule has 0 heterocycles. The Hall–Kier alpha value is -2.51. The van der Waals surface area contributed by atoms with Gasteiger partial charge in [-0.25, -0.2) is 0 Å². The predicted molar refractivity (Wildman–Crippen MR) is 93.4 cm³/mol. The van der Waals surface area contributed by atoms with Crippen LogP contribution in [0.2, 0.25) is 0 Å². The van der Waals surface area contributed by atoms with E-state index in [9.17, 15) is 0 Å². The summed E-state index contributed by atoms with van der Waals surface area (Å²) < 4.78 is 0. The molecular formula is C16H16B2O6. The molecule has 0 fully saturated rings. The molecule has 0 aromatic heterocycles. The summed E-state index contributed by atoms with van der Waals surface area (Å²) in [5, 5.41) is 55.0. The second-order valence-electron chi connectivity index (χ2n) is 5.10. The first-order valence-corrected chi connectivity index (χ1v) is 7.11. The van der Waals surface area contributed by atoms with Gasteiger partial charge in [0.25, 0.3) is 0 Å². The second-order valence-corrected chi connectivity index (χ2v) is 5.10. The average Bonchev–Trinajstić information content (AvgIpc) is 2.54. The van der Waals surface area contributed by atoms with Crippen LogP contribution in [0.25, 0.3) is 10.8 Å². The number of hydrogen-bond donors (Lipinski definition) is 6. The van der Waals surface area contributed by atoms with Crippen molar-refractivity contribution in [3.63, 3.8) is 0 Å². The third-order valence-electron chi connectivity index (χ3n) is 3.32. The number of phenols is 2. The van der Waals surface area contributed by atoms with E-state index in [2.05, 4.69) is 0 Å². The van der Waals surface area contributed by atoms with Crippen molar-refractivity contribution >= 4 is 35.9 Å². The molecule has 0 spiro atoms. The Kier molecular flexibility index (Phi) is 5.83. The van der Waals surface area contributed by atoms with Crippen molar-refractivity contribution in [1.29, 1.82) is 0 Å². The maximum absolute atomic E-state index is 9.08. The summed E-state index contributed by atoms with van der Waals surface area (Å²) in [6.07, 6.45) is 0. The van der Waals surface area contributed by atoms with Gasteiger partial charge in [-0.1, -0.05) is 42.5 Å². The molecule has 3 aromatic rings. The first kappa shape index (κ1) is 17.8. The zero-order valence-electron chi connectivity index (χ0n) is 12.6. The van der Waals surface area contributed by atoms with Crippen molar-refractivity contribution in [3.05, 3.63) is 60.7 Å². The van der Waals surface area contributed by atoms with Gasteiger partial charge in [-0.15, -0.1) is 0 Å². The Labute approximate surface area is 139 Å². The van der Waals surface area contributed by atoms with E-state index in [-0.39, 0.29) is 17.0 Å². The van der Waals surface area contributed by atoms with Crippen LogP contribution in [0.4, 0.5) is 0 Å². The van der Waals surface area contributed by atoms with Crippen molar-refractivity contribution in [1.82, 2.24) is 0 Å². The lowest BCUT2D eigenvalue weighted by Gasteiger charge is -2.03. The van der Waals surface area contributed by atoms with Crippen LogP contribution < -0.4 is 10.9 Å². The molecule has 0 atom stereocenters. The van der Waals surface area contributed by atoms with Crippen LogP contribution in [0, 0.1) is 0 Å². The average molecular weight is 326 g/mol. The van der Waals surface area contributed by atoms with E-state index in [1.807, 2.05) is 36.4 Å². The van der Waals surface area contributed by atoms with Crippen molar-refractivity contribution < 1.29 is 30.3 Å². The van der Waals surface area contributed by atoms with Gasteiger partial charge in [0.15, 0.2) is 0 Å². The zero-order chi connectivity index (χ0) is 17.7. The predicted octanol–water partition coefficient (Wildman–Crippen LogP) is -0.703. The second kappa shape index (κ2) is 7.85. The molecule has 122 valence electrons. The number of fused-ring (bicyclic) bond motifs is 1. The fourth-order valence-electron chi connectivity index (χ4n) is 2.24. The van der Waals surface area contributed by atoms with Gasteiger partial charge in [0, 0.05) is 6.07 Å². The molecule has 0 radical (unpaired) electrons. The highest BCUT2D eigenvalue weighted by atomic mass is 16.4. The SMILES string of the molecule is OB(O)c1cc(O)cc(O)c1.OB(O)c1cccc2ccccc12. The molecule has 0 aliphatic heterocycles. The van der Waals surface area contributed by atoms with E-state index in [1.165, 1.54) is 0 Å². The molecule has 0 saturated carbocycles. The van der Waals surface area contributed by atoms with Gasteiger partial charge in [0.2, 0.25) is 0 Å². The lowest BCUT2D eigenvalue weighted by Crippen LogP contribution is -2.30. The van der Waals surface area contributed by atoms with Crippen molar-refractivity contribution in [2.75, 3.05) is 0 Å². The lowest BCUT2D eigenvalue weighted by molar-refractivity contribution is 0.422. The van der Waals surface area contributed by atoms with E-state index in [4.69, 9.17) is 30.3 Å². The minimum Gasteiger partial charge on any atom is -0.508 e. The number of hydrogen-bond acceptors (Lipinski definition) is 6. The smallest absolute Gasteiger partial charge is 0.489 e. The first-order chi connectivity index (χ1) is 11.4. The molecule has 0 bridgehead atoms. The van der Waals surface area contributed by atoms with E-state index >= 15 is 0 Å². The number of aromatic hydroxyl groups is 2.